The van der Waals surface area contributed by atoms with Crippen LogP contribution < -0.4 is 0 Å². The second kappa shape index (κ2) is 5.09. The molecule has 0 bridgehead atoms. The van der Waals surface area contributed by atoms with Gasteiger partial charge in [0.15, 0.2) is 0 Å². The van der Waals surface area contributed by atoms with Gasteiger partial charge in [0, 0.05) is 23.6 Å². The lowest BCUT2D eigenvalue weighted by Crippen LogP contribution is -1.89. The Labute approximate surface area is 97.9 Å². The van der Waals surface area contributed by atoms with Crippen molar-refractivity contribution in [3.8, 4) is 11.4 Å². The van der Waals surface area contributed by atoms with E-state index in [1.165, 1.54) is 0 Å². The van der Waals surface area contributed by atoms with Crippen LogP contribution in [-0.2, 0) is 6.42 Å². The zero-order valence-corrected chi connectivity index (χ0v) is 9.31. The summed E-state index contributed by atoms with van der Waals surface area (Å²) in [5, 5.41) is 13.2. The first-order chi connectivity index (χ1) is 7.79. The fourth-order valence-electron chi connectivity index (χ4n) is 1.30. The van der Waals surface area contributed by atoms with Crippen LogP contribution in [0, 0.1) is 0 Å². The van der Waals surface area contributed by atoms with Gasteiger partial charge >= 0.3 is 0 Å². The van der Waals surface area contributed by atoms with Crippen LogP contribution in [0.4, 0.5) is 0 Å². The minimum Gasteiger partial charge on any atom is -0.396 e. The van der Waals surface area contributed by atoms with Gasteiger partial charge in [-0.3, -0.25) is 0 Å². The van der Waals surface area contributed by atoms with Gasteiger partial charge in [-0.05, 0) is 30.7 Å². The van der Waals surface area contributed by atoms with Gasteiger partial charge in [0.1, 0.15) is 0 Å². The van der Waals surface area contributed by atoms with Gasteiger partial charge < -0.3 is 9.63 Å². The summed E-state index contributed by atoms with van der Waals surface area (Å²) >= 11 is 5.78. The maximum Gasteiger partial charge on any atom is 0.227 e. The summed E-state index contributed by atoms with van der Waals surface area (Å²) in [6.45, 7) is 0.124. The van der Waals surface area contributed by atoms with Gasteiger partial charge in [0.25, 0.3) is 0 Å². The molecule has 0 aliphatic rings. The molecular formula is C11H11ClN2O2. The van der Waals surface area contributed by atoms with E-state index in [1.807, 2.05) is 12.1 Å². The first-order valence-corrected chi connectivity index (χ1v) is 5.37. The summed E-state index contributed by atoms with van der Waals surface area (Å²) < 4.78 is 5.05. The average molecular weight is 239 g/mol. The van der Waals surface area contributed by atoms with Gasteiger partial charge in [-0.25, -0.2) is 0 Å². The van der Waals surface area contributed by atoms with E-state index in [4.69, 9.17) is 21.2 Å². The fraction of sp³-hybridized carbons (Fsp3) is 0.273. The normalized spacial score (nSPS) is 10.6. The summed E-state index contributed by atoms with van der Waals surface area (Å²) in [4.78, 5) is 4.22. The number of aliphatic hydroxyl groups excluding tert-OH is 1. The molecule has 1 heterocycles. The number of hydrogen-bond donors (Lipinski definition) is 1. The predicted octanol–water partition coefficient (Wildman–Crippen LogP) is 2.31. The Kier molecular flexibility index (Phi) is 3.54. The quantitative estimate of drug-likeness (QED) is 0.888. The number of rotatable bonds is 4. The number of halogens is 1. The third kappa shape index (κ3) is 2.59. The third-order valence-electron chi connectivity index (χ3n) is 2.12. The zero-order chi connectivity index (χ0) is 11.4. The zero-order valence-electron chi connectivity index (χ0n) is 8.56. The van der Waals surface area contributed by atoms with Crippen LogP contribution >= 0.6 is 11.6 Å². The van der Waals surface area contributed by atoms with Crippen molar-refractivity contribution in [2.45, 2.75) is 12.8 Å². The highest BCUT2D eigenvalue weighted by Gasteiger charge is 2.07. The number of nitrogens with zero attached hydrogens (tertiary/aromatic N) is 2. The van der Waals surface area contributed by atoms with Crippen LogP contribution in [0.1, 0.15) is 12.3 Å². The molecular weight excluding hydrogens is 228 g/mol. The molecule has 1 N–H and O–H groups in total. The lowest BCUT2D eigenvalue weighted by molar-refractivity contribution is 0.278. The van der Waals surface area contributed by atoms with E-state index >= 15 is 0 Å². The van der Waals surface area contributed by atoms with Crippen molar-refractivity contribution in [1.29, 1.82) is 0 Å². The van der Waals surface area contributed by atoms with Crippen molar-refractivity contribution in [3.05, 3.63) is 35.2 Å². The Morgan fingerprint density at radius 2 is 2.00 bits per heavy atom. The Bertz CT molecular complexity index is 453. The van der Waals surface area contributed by atoms with Gasteiger partial charge in [-0.1, -0.05) is 16.8 Å². The number of aromatic nitrogens is 2. The fourth-order valence-corrected chi connectivity index (χ4v) is 1.43. The molecule has 0 aliphatic carbocycles. The molecule has 1 aromatic heterocycles. The minimum atomic E-state index is 0.124. The van der Waals surface area contributed by atoms with Gasteiger partial charge in [0.05, 0.1) is 0 Å². The largest absolute Gasteiger partial charge is 0.396 e. The summed E-state index contributed by atoms with van der Waals surface area (Å²) in [6.07, 6.45) is 1.22. The standard InChI is InChI=1S/C11H11ClN2O2/c12-9-5-3-8(4-6-9)11-13-10(16-14-11)2-1-7-15/h3-6,15H,1-2,7H2. The molecule has 0 amide bonds. The van der Waals surface area contributed by atoms with Crippen LogP contribution in [0.2, 0.25) is 5.02 Å². The molecule has 0 fully saturated rings. The third-order valence-corrected chi connectivity index (χ3v) is 2.37. The molecule has 0 aliphatic heterocycles. The van der Waals surface area contributed by atoms with Crippen LogP contribution in [0.15, 0.2) is 28.8 Å². The van der Waals surface area contributed by atoms with Crippen molar-refractivity contribution >= 4 is 11.6 Å². The molecule has 4 nitrogen and oxygen atoms in total. The van der Waals surface area contributed by atoms with E-state index < -0.39 is 0 Å². The van der Waals surface area contributed by atoms with E-state index in [2.05, 4.69) is 10.1 Å². The smallest absolute Gasteiger partial charge is 0.227 e. The van der Waals surface area contributed by atoms with E-state index in [1.54, 1.807) is 12.1 Å². The summed E-state index contributed by atoms with van der Waals surface area (Å²) in [5.41, 5.74) is 0.864. The average Bonchev–Trinajstić information content (AvgIpc) is 2.76. The Morgan fingerprint density at radius 3 is 2.69 bits per heavy atom. The number of hydrogen-bond acceptors (Lipinski definition) is 4. The highest BCUT2D eigenvalue weighted by molar-refractivity contribution is 6.30. The van der Waals surface area contributed by atoms with Crippen molar-refractivity contribution in [2.75, 3.05) is 6.61 Å². The maximum absolute atomic E-state index is 8.68. The Hall–Kier alpha value is -1.39. The molecule has 16 heavy (non-hydrogen) atoms. The van der Waals surface area contributed by atoms with E-state index in [9.17, 15) is 0 Å². The number of benzene rings is 1. The van der Waals surface area contributed by atoms with E-state index in [0.717, 1.165) is 5.56 Å². The molecule has 0 saturated heterocycles. The van der Waals surface area contributed by atoms with Crippen LogP contribution in [0.3, 0.4) is 0 Å². The topological polar surface area (TPSA) is 59.2 Å². The molecule has 0 radical (unpaired) electrons. The maximum atomic E-state index is 8.68. The van der Waals surface area contributed by atoms with Crippen LogP contribution in [0.25, 0.3) is 11.4 Å². The SMILES string of the molecule is OCCCc1nc(-c2ccc(Cl)cc2)no1. The van der Waals surface area contributed by atoms with Crippen molar-refractivity contribution in [3.63, 3.8) is 0 Å². The summed E-state index contributed by atoms with van der Waals surface area (Å²) in [7, 11) is 0. The lowest BCUT2D eigenvalue weighted by Gasteiger charge is -1.93. The molecule has 0 spiro atoms. The van der Waals surface area contributed by atoms with Crippen LogP contribution in [-0.4, -0.2) is 21.9 Å². The van der Waals surface area contributed by atoms with E-state index in [0.29, 0.717) is 29.6 Å². The monoisotopic (exact) mass is 238 g/mol. The van der Waals surface area contributed by atoms with E-state index in [-0.39, 0.29) is 6.61 Å². The highest BCUT2D eigenvalue weighted by atomic mass is 35.5. The molecule has 2 rings (SSSR count). The summed E-state index contributed by atoms with van der Waals surface area (Å²) in [5.74, 6) is 1.09. The molecule has 84 valence electrons. The predicted molar refractivity (Wildman–Crippen MR) is 60.2 cm³/mol. The lowest BCUT2D eigenvalue weighted by atomic mass is 10.2. The first-order valence-electron chi connectivity index (χ1n) is 4.99. The molecule has 5 heteroatoms. The van der Waals surface area contributed by atoms with Crippen LogP contribution in [0.5, 0.6) is 0 Å². The number of aliphatic hydroxyl groups is 1. The first kappa shape index (κ1) is 11.1. The molecule has 0 unspecified atom stereocenters. The molecule has 0 saturated carbocycles. The second-order valence-electron chi connectivity index (χ2n) is 3.35. The molecule has 0 atom stereocenters. The summed E-state index contributed by atoms with van der Waals surface area (Å²) in [6, 6.07) is 7.23. The van der Waals surface area contributed by atoms with Crippen molar-refractivity contribution in [1.82, 2.24) is 10.1 Å². The highest BCUT2D eigenvalue weighted by Crippen LogP contribution is 2.18. The van der Waals surface area contributed by atoms with Gasteiger partial charge in [-0.2, -0.15) is 4.98 Å². The van der Waals surface area contributed by atoms with Crippen molar-refractivity contribution < 1.29 is 9.63 Å². The van der Waals surface area contributed by atoms with Gasteiger partial charge in [0.2, 0.25) is 11.7 Å². The van der Waals surface area contributed by atoms with Gasteiger partial charge in [-0.15, -0.1) is 0 Å². The number of aryl methyl sites for hydroxylation is 1. The molecule has 2 aromatic rings. The Morgan fingerprint density at radius 1 is 1.25 bits per heavy atom. The minimum absolute atomic E-state index is 0.124. The Balaban J connectivity index is 2.15. The van der Waals surface area contributed by atoms with Crippen molar-refractivity contribution in [2.24, 2.45) is 0 Å². The molecule has 1 aromatic carbocycles. The second-order valence-corrected chi connectivity index (χ2v) is 3.78.